The highest BCUT2D eigenvalue weighted by molar-refractivity contribution is 6.32. The third-order valence-electron chi connectivity index (χ3n) is 5.50. The van der Waals surface area contributed by atoms with Gasteiger partial charge in [-0.3, -0.25) is 4.79 Å². The van der Waals surface area contributed by atoms with Crippen molar-refractivity contribution in [3.05, 3.63) is 54.6 Å². The van der Waals surface area contributed by atoms with Crippen molar-refractivity contribution in [3.8, 4) is 17.2 Å². The summed E-state index contributed by atoms with van der Waals surface area (Å²) >= 11 is 0. The maximum atomic E-state index is 11.8. The molecule has 0 saturated carbocycles. The Hall–Kier alpha value is -3.53. The van der Waals surface area contributed by atoms with Gasteiger partial charge in [0.15, 0.2) is 0 Å². The van der Waals surface area contributed by atoms with E-state index >= 15 is 0 Å². The zero-order valence-corrected chi connectivity index (χ0v) is 17.2. The zero-order valence-electron chi connectivity index (χ0n) is 17.2. The molecule has 0 unspecified atom stereocenters. The van der Waals surface area contributed by atoms with E-state index in [4.69, 9.17) is 14.2 Å². The number of fused-ring (bicyclic) bond motifs is 2. The Morgan fingerprint density at radius 3 is 2.00 bits per heavy atom. The molecule has 5 aromatic rings. The summed E-state index contributed by atoms with van der Waals surface area (Å²) in [6.45, 7) is 6.47. The van der Waals surface area contributed by atoms with Crippen LogP contribution in [0.1, 0.15) is 20.8 Å². The summed E-state index contributed by atoms with van der Waals surface area (Å²) in [5, 5.41) is 8.43. The molecule has 0 aliphatic heterocycles. The first-order chi connectivity index (χ1) is 14.6. The van der Waals surface area contributed by atoms with Crippen LogP contribution in [0.15, 0.2) is 54.6 Å². The van der Waals surface area contributed by atoms with Crippen molar-refractivity contribution in [1.82, 2.24) is 0 Å². The molecule has 30 heavy (non-hydrogen) atoms. The minimum Gasteiger partial charge on any atom is -0.493 e. The first-order valence-electron chi connectivity index (χ1n) is 10.2. The molecular weight excluding hydrogens is 376 g/mol. The Morgan fingerprint density at radius 2 is 1.30 bits per heavy atom. The summed E-state index contributed by atoms with van der Waals surface area (Å²) in [7, 11) is 0. The van der Waals surface area contributed by atoms with Gasteiger partial charge in [-0.1, -0.05) is 30.3 Å². The predicted molar refractivity (Wildman–Crippen MR) is 121 cm³/mol. The van der Waals surface area contributed by atoms with Gasteiger partial charge in [0.1, 0.15) is 17.2 Å². The number of benzene rings is 5. The SMILES string of the molecule is CCOc1cc(OC(C)=O)c2ccc3c(OCC)c4ccccc4c4ccc1c2c34. The van der Waals surface area contributed by atoms with Crippen LogP contribution >= 0.6 is 0 Å². The maximum absolute atomic E-state index is 11.8. The third kappa shape index (κ3) is 2.64. The average molecular weight is 398 g/mol. The number of carbonyl (C=O) groups excluding carboxylic acids is 1. The first kappa shape index (κ1) is 18.5. The highest BCUT2D eigenvalue weighted by Crippen LogP contribution is 2.48. The van der Waals surface area contributed by atoms with E-state index in [1.807, 2.05) is 38.1 Å². The van der Waals surface area contributed by atoms with Gasteiger partial charge in [-0.2, -0.15) is 0 Å². The minimum absolute atomic E-state index is 0.354. The molecule has 0 amide bonds. The summed E-state index contributed by atoms with van der Waals surface area (Å²) in [5.41, 5.74) is 0. The molecule has 0 aliphatic rings. The topological polar surface area (TPSA) is 44.8 Å². The summed E-state index contributed by atoms with van der Waals surface area (Å²) < 4.78 is 17.6. The van der Waals surface area contributed by atoms with Crippen LogP contribution in [-0.2, 0) is 4.79 Å². The summed E-state index contributed by atoms with van der Waals surface area (Å²) in [5.74, 6) is 1.75. The molecule has 0 saturated heterocycles. The summed E-state index contributed by atoms with van der Waals surface area (Å²) in [6.07, 6.45) is 0. The maximum Gasteiger partial charge on any atom is 0.308 e. The fourth-order valence-electron chi connectivity index (χ4n) is 4.47. The second kappa shape index (κ2) is 7.06. The molecule has 0 aromatic heterocycles. The average Bonchev–Trinajstić information content (AvgIpc) is 2.75. The second-order valence-corrected chi connectivity index (χ2v) is 7.28. The minimum atomic E-state index is -0.354. The zero-order chi connectivity index (χ0) is 20.8. The Labute approximate surface area is 174 Å². The predicted octanol–water partition coefficient (Wildman–Crippen LogP) is 6.46. The molecular formula is C26H22O4. The van der Waals surface area contributed by atoms with E-state index in [1.165, 1.54) is 6.92 Å². The van der Waals surface area contributed by atoms with Gasteiger partial charge in [-0.05, 0) is 42.8 Å². The Balaban J connectivity index is 2.03. The Morgan fingerprint density at radius 1 is 0.700 bits per heavy atom. The highest BCUT2D eigenvalue weighted by atomic mass is 16.5. The third-order valence-corrected chi connectivity index (χ3v) is 5.50. The van der Waals surface area contributed by atoms with Crippen molar-refractivity contribution in [1.29, 1.82) is 0 Å². The van der Waals surface area contributed by atoms with E-state index in [1.54, 1.807) is 0 Å². The van der Waals surface area contributed by atoms with Gasteiger partial charge in [0.2, 0.25) is 0 Å². The molecule has 0 atom stereocenters. The highest BCUT2D eigenvalue weighted by Gasteiger charge is 2.21. The lowest BCUT2D eigenvalue weighted by atomic mass is 9.89. The van der Waals surface area contributed by atoms with Crippen molar-refractivity contribution in [2.45, 2.75) is 20.8 Å². The second-order valence-electron chi connectivity index (χ2n) is 7.28. The van der Waals surface area contributed by atoms with E-state index in [2.05, 4.69) is 30.3 Å². The van der Waals surface area contributed by atoms with Crippen LogP contribution in [0.3, 0.4) is 0 Å². The van der Waals surface area contributed by atoms with E-state index in [-0.39, 0.29) is 5.97 Å². The van der Waals surface area contributed by atoms with Gasteiger partial charge in [0, 0.05) is 45.3 Å². The molecule has 5 rings (SSSR count). The lowest BCUT2D eigenvalue weighted by molar-refractivity contribution is -0.131. The van der Waals surface area contributed by atoms with Crippen LogP contribution in [0.2, 0.25) is 0 Å². The van der Waals surface area contributed by atoms with Crippen molar-refractivity contribution in [2.75, 3.05) is 13.2 Å². The molecule has 0 radical (unpaired) electrons. The van der Waals surface area contributed by atoms with Crippen molar-refractivity contribution >= 4 is 49.1 Å². The van der Waals surface area contributed by atoms with Gasteiger partial charge in [-0.15, -0.1) is 0 Å². The van der Waals surface area contributed by atoms with E-state index in [9.17, 15) is 4.79 Å². The van der Waals surface area contributed by atoms with Gasteiger partial charge in [-0.25, -0.2) is 0 Å². The molecule has 0 bridgehead atoms. The molecule has 5 aromatic carbocycles. The fourth-order valence-corrected chi connectivity index (χ4v) is 4.47. The summed E-state index contributed by atoms with van der Waals surface area (Å²) in [6, 6.07) is 18.4. The first-order valence-corrected chi connectivity index (χ1v) is 10.2. The van der Waals surface area contributed by atoms with Gasteiger partial charge < -0.3 is 14.2 Å². The van der Waals surface area contributed by atoms with Crippen molar-refractivity contribution < 1.29 is 19.0 Å². The van der Waals surface area contributed by atoms with Gasteiger partial charge in [0.05, 0.1) is 13.2 Å². The van der Waals surface area contributed by atoms with E-state index in [0.717, 1.165) is 48.8 Å². The largest absolute Gasteiger partial charge is 0.493 e. The van der Waals surface area contributed by atoms with Crippen LogP contribution in [0.4, 0.5) is 0 Å². The number of esters is 1. The Bertz CT molecular complexity index is 1420. The van der Waals surface area contributed by atoms with Crippen molar-refractivity contribution in [2.24, 2.45) is 0 Å². The standard InChI is InChI=1S/C26H22O4/c1-4-28-22-14-23(30-15(3)27)20-12-13-21-24-17(10-11-19(22)25(20)24)16-8-6-7-9-18(16)26(21)29-5-2/h6-14H,4-5H2,1-3H3. The van der Waals surface area contributed by atoms with E-state index in [0.29, 0.717) is 24.7 Å². The number of ether oxygens (including phenoxy) is 3. The van der Waals surface area contributed by atoms with Crippen LogP contribution in [0.5, 0.6) is 17.2 Å². The van der Waals surface area contributed by atoms with Crippen LogP contribution < -0.4 is 14.2 Å². The molecule has 0 N–H and O–H groups in total. The summed E-state index contributed by atoms with van der Waals surface area (Å²) in [4.78, 5) is 11.8. The quantitative estimate of drug-likeness (QED) is 0.147. The molecule has 4 nitrogen and oxygen atoms in total. The van der Waals surface area contributed by atoms with Gasteiger partial charge in [0.25, 0.3) is 0 Å². The molecule has 0 heterocycles. The van der Waals surface area contributed by atoms with Gasteiger partial charge >= 0.3 is 5.97 Å². The van der Waals surface area contributed by atoms with Crippen LogP contribution in [-0.4, -0.2) is 19.2 Å². The van der Waals surface area contributed by atoms with Crippen LogP contribution in [0, 0.1) is 0 Å². The number of carbonyl (C=O) groups is 1. The molecule has 0 aliphatic carbocycles. The fraction of sp³-hybridized carbons (Fsp3) is 0.192. The smallest absolute Gasteiger partial charge is 0.308 e. The molecule has 0 spiro atoms. The number of hydrogen-bond donors (Lipinski definition) is 0. The molecule has 4 heteroatoms. The molecule has 0 fully saturated rings. The molecule has 150 valence electrons. The normalized spacial score (nSPS) is 11.6. The van der Waals surface area contributed by atoms with Crippen LogP contribution in [0.25, 0.3) is 43.1 Å². The Kier molecular flexibility index (Phi) is 4.35. The lowest BCUT2D eigenvalue weighted by Crippen LogP contribution is -2.04. The number of hydrogen-bond acceptors (Lipinski definition) is 4. The van der Waals surface area contributed by atoms with Crippen molar-refractivity contribution in [3.63, 3.8) is 0 Å². The monoisotopic (exact) mass is 398 g/mol. The number of rotatable bonds is 5. The van der Waals surface area contributed by atoms with E-state index < -0.39 is 0 Å². The lowest BCUT2D eigenvalue weighted by Gasteiger charge is -2.20.